The van der Waals surface area contributed by atoms with Crippen LogP contribution in [0.2, 0.25) is 5.02 Å². The van der Waals surface area contributed by atoms with E-state index in [-0.39, 0.29) is 51.3 Å². The lowest BCUT2D eigenvalue weighted by Gasteiger charge is -2.27. The van der Waals surface area contributed by atoms with E-state index < -0.39 is 42.1 Å². The summed E-state index contributed by atoms with van der Waals surface area (Å²) in [5.41, 5.74) is -7.77. The molecule has 3 aromatic heterocycles. The van der Waals surface area contributed by atoms with Crippen LogP contribution < -0.4 is 10.6 Å². The zero-order valence-corrected chi connectivity index (χ0v) is 25.5. The van der Waals surface area contributed by atoms with Gasteiger partial charge in [0.05, 0.1) is 39.8 Å². The fraction of sp³-hybridized carbons (Fsp3) is 0.345. The smallest absolute Gasteiger partial charge is 0.349 e. The number of nitrogens with zero attached hydrogens (tertiary/aromatic N) is 7. The number of nitrogens with one attached hydrogen (secondary N) is 2. The summed E-state index contributed by atoms with van der Waals surface area (Å²) in [7, 11) is 0. The molecule has 0 aliphatic heterocycles. The molecule has 2 amide bonds. The number of benzene rings is 1. The minimum Gasteiger partial charge on any atom is -0.349 e. The van der Waals surface area contributed by atoms with E-state index in [4.69, 9.17) is 11.6 Å². The summed E-state index contributed by atoms with van der Waals surface area (Å²) in [4.78, 5) is 31.5. The van der Waals surface area contributed by atoms with Crippen molar-refractivity contribution in [2.75, 3.05) is 5.32 Å². The molecule has 1 aromatic carbocycles. The number of aromatic nitrogens is 6. The highest BCUT2D eigenvalue weighted by atomic mass is 35.5. The summed E-state index contributed by atoms with van der Waals surface area (Å²) in [6, 6.07) is 8.54. The van der Waals surface area contributed by atoms with Crippen LogP contribution in [0, 0.1) is 24.2 Å². The molecule has 11 nitrogen and oxygen atoms in total. The Labute approximate surface area is 271 Å². The van der Waals surface area contributed by atoms with Crippen molar-refractivity contribution in [2.24, 2.45) is 5.92 Å². The lowest BCUT2D eigenvalue weighted by atomic mass is 10.0. The van der Waals surface area contributed by atoms with Crippen LogP contribution in [0.25, 0.3) is 5.82 Å². The Bertz CT molecular complexity index is 1910. The van der Waals surface area contributed by atoms with E-state index in [9.17, 15) is 45.6 Å². The number of aryl methyl sites for hydroxylation is 1. The monoisotopic (exact) mass is 697 g/mol. The molecule has 2 N–H and O–H groups in total. The van der Waals surface area contributed by atoms with Gasteiger partial charge >= 0.3 is 18.0 Å². The summed E-state index contributed by atoms with van der Waals surface area (Å²) in [5.74, 6) is -1.23. The maximum Gasteiger partial charge on any atom is 0.437 e. The van der Waals surface area contributed by atoms with Gasteiger partial charge in [0.1, 0.15) is 17.9 Å². The first-order valence-electron chi connectivity index (χ1n) is 14.0. The van der Waals surface area contributed by atoms with Gasteiger partial charge in [-0.3, -0.25) is 9.59 Å². The third-order valence-corrected chi connectivity index (χ3v) is 7.84. The predicted molar refractivity (Wildman–Crippen MR) is 154 cm³/mol. The fourth-order valence-corrected chi connectivity index (χ4v) is 5.07. The quantitative estimate of drug-likeness (QED) is 0.210. The Morgan fingerprint density at radius 3 is 2.38 bits per heavy atom. The summed E-state index contributed by atoms with van der Waals surface area (Å²) in [6.45, 7) is 2.68. The third kappa shape index (κ3) is 6.54. The van der Waals surface area contributed by atoms with E-state index in [0.29, 0.717) is 16.3 Å². The molecule has 5 rings (SSSR count). The molecule has 0 saturated heterocycles. The van der Waals surface area contributed by atoms with Gasteiger partial charge in [-0.1, -0.05) is 11.6 Å². The van der Waals surface area contributed by atoms with E-state index in [1.165, 1.54) is 30.5 Å². The second kappa shape index (κ2) is 12.5. The molecular weight excluding hydrogens is 675 g/mol. The van der Waals surface area contributed by atoms with Crippen LogP contribution in [0.3, 0.4) is 0 Å². The van der Waals surface area contributed by atoms with E-state index in [1.54, 1.807) is 6.92 Å². The SMILES string of the molecule is Cc1cc(C#N)cc(C(=O)NC(C)C2CC2)c1NC(=O)c1cc(Cn2ncc(C(F)(C(F)(F)F)C(F)(F)F)n2)nn1-c1ncccc1Cl. The van der Waals surface area contributed by atoms with Gasteiger partial charge in [0.2, 0.25) is 0 Å². The van der Waals surface area contributed by atoms with Gasteiger partial charge < -0.3 is 10.6 Å². The van der Waals surface area contributed by atoms with Crippen LogP contribution in [0.15, 0.2) is 42.7 Å². The average molecular weight is 698 g/mol. The molecule has 4 aromatic rings. The molecule has 1 unspecified atom stereocenters. The number of carbonyl (C=O) groups is 2. The van der Waals surface area contributed by atoms with E-state index in [0.717, 1.165) is 23.6 Å². The summed E-state index contributed by atoms with van der Waals surface area (Å²) in [5, 5.41) is 25.6. The van der Waals surface area contributed by atoms with Crippen molar-refractivity contribution in [3.63, 3.8) is 0 Å². The van der Waals surface area contributed by atoms with Gasteiger partial charge in [-0.05, 0) is 68.5 Å². The highest BCUT2D eigenvalue weighted by Gasteiger charge is 2.75. The van der Waals surface area contributed by atoms with Crippen molar-refractivity contribution in [1.29, 1.82) is 5.26 Å². The van der Waals surface area contributed by atoms with Crippen LogP contribution in [-0.4, -0.2) is 60.0 Å². The number of pyridine rings is 1. The molecule has 0 radical (unpaired) electrons. The van der Waals surface area contributed by atoms with Crippen LogP contribution in [0.1, 0.15) is 63.1 Å². The molecule has 48 heavy (non-hydrogen) atoms. The number of alkyl halides is 7. The molecule has 1 fully saturated rings. The Morgan fingerprint density at radius 1 is 1.08 bits per heavy atom. The Hall–Kier alpha value is -5.05. The van der Waals surface area contributed by atoms with Crippen molar-refractivity contribution in [3.05, 3.63) is 81.5 Å². The second-order valence-corrected chi connectivity index (χ2v) is 11.4. The first-order chi connectivity index (χ1) is 22.4. The number of hydrogen-bond donors (Lipinski definition) is 2. The van der Waals surface area contributed by atoms with Gasteiger partial charge in [-0.2, -0.15) is 51.7 Å². The highest BCUT2D eigenvalue weighted by Crippen LogP contribution is 2.52. The number of nitriles is 1. The first kappa shape index (κ1) is 34.3. The van der Waals surface area contributed by atoms with E-state index >= 15 is 0 Å². The predicted octanol–water partition coefficient (Wildman–Crippen LogP) is 5.81. The van der Waals surface area contributed by atoms with Crippen LogP contribution in [0.4, 0.5) is 36.4 Å². The molecule has 1 saturated carbocycles. The number of hydrogen-bond acceptors (Lipinski definition) is 7. The molecule has 1 atom stereocenters. The van der Waals surface area contributed by atoms with Gasteiger partial charge in [-0.15, -0.1) is 0 Å². The Kier molecular flexibility index (Phi) is 8.95. The standard InChI is InChI=1S/C29H23ClF7N9O2/c1-14-8-16(11-38)9-19(25(47)41-15(2)17-5-6-17)23(14)42-26(48)21-10-18(43-46(21)24-20(30)4-3-7-39-24)13-45-40-12-22(44-45)27(31,28(32,33)34)29(35,36)37/h3-4,7-10,12,15,17H,5-6,13H2,1-2H3,(H,41,47)(H,42,48). The lowest BCUT2D eigenvalue weighted by Crippen LogP contribution is -2.50. The normalized spacial score (nSPS) is 14.4. The van der Waals surface area contributed by atoms with Crippen molar-refractivity contribution in [2.45, 2.75) is 57.3 Å². The topological polar surface area (TPSA) is 143 Å². The maximum absolute atomic E-state index is 14.5. The van der Waals surface area contributed by atoms with Crippen LogP contribution in [-0.2, 0) is 12.2 Å². The van der Waals surface area contributed by atoms with Gasteiger partial charge in [0, 0.05) is 12.2 Å². The lowest BCUT2D eigenvalue weighted by molar-refractivity contribution is -0.350. The largest absolute Gasteiger partial charge is 0.437 e. The number of carbonyl (C=O) groups excluding carboxylic acids is 2. The van der Waals surface area contributed by atoms with Gasteiger partial charge in [0.25, 0.3) is 11.8 Å². The van der Waals surface area contributed by atoms with Crippen molar-refractivity contribution in [3.8, 4) is 11.9 Å². The van der Waals surface area contributed by atoms with E-state index in [2.05, 4.69) is 30.9 Å². The minimum atomic E-state index is -6.40. The Balaban J connectivity index is 1.52. The molecule has 0 bridgehead atoms. The Morgan fingerprint density at radius 2 is 1.77 bits per heavy atom. The highest BCUT2D eigenvalue weighted by molar-refractivity contribution is 6.32. The fourth-order valence-electron chi connectivity index (χ4n) is 4.86. The number of amides is 2. The minimum absolute atomic E-state index is 0.00181. The summed E-state index contributed by atoms with van der Waals surface area (Å²) < 4.78 is 94.8. The maximum atomic E-state index is 14.5. The first-order valence-corrected chi connectivity index (χ1v) is 14.4. The molecule has 252 valence electrons. The molecule has 0 spiro atoms. The zero-order chi connectivity index (χ0) is 35.2. The van der Waals surface area contributed by atoms with Crippen molar-refractivity contribution >= 4 is 29.1 Å². The number of rotatable bonds is 9. The van der Waals surface area contributed by atoms with Crippen LogP contribution in [0.5, 0.6) is 0 Å². The van der Waals surface area contributed by atoms with E-state index in [1.807, 2.05) is 13.0 Å². The zero-order valence-electron chi connectivity index (χ0n) is 24.8. The van der Waals surface area contributed by atoms with Crippen LogP contribution >= 0.6 is 11.6 Å². The van der Waals surface area contributed by atoms with Gasteiger partial charge in [0.15, 0.2) is 5.82 Å². The molecule has 19 heteroatoms. The third-order valence-electron chi connectivity index (χ3n) is 7.54. The molecule has 1 aliphatic rings. The molecular formula is C29H23ClF7N9O2. The summed E-state index contributed by atoms with van der Waals surface area (Å²) >= 11 is 6.29. The summed E-state index contributed by atoms with van der Waals surface area (Å²) in [6.07, 6.45) is -9.60. The van der Waals surface area contributed by atoms with Gasteiger partial charge in [-0.25, -0.2) is 14.1 Å². The second-order valence-electron chi connectivity index (χ2n) is 11.0. The average Bonchev–Trinajstić information content (AvgIpc) is 3.63. The molecule has 3 heterocycles. The molecule has 1 aliphatic carbocycles. The number of anilines is 1. The van der Waals surface area contributed by atoms with Crippen molar-refractivity contribution in [1.82, 2.24) is 35.1 Å². The van der Waals surface area contributed by atoms with Crippen molar-refractivity contribution < 1.29 is 40.3 Å². The number of halogens is 8.